The van der Waals surface area contributed by atoms with E-state index in [9.17, 15) is 22.8 Å². The number of alkyl halides is 3. The lowest BCUT2D eigenvalue weighted by atomic mass is 10.1. The van der Waals surface area contributed by atoms with E-state index in [1.54, 1.807) is 42.2 Å². The third-order valence-electron chi connectivity index (χ3n) is 6.12. The van der Waals surface area contributed by atoms with Crippen LogP contribution in [0.25, 0.3) is 11.3 Å². The van der Waals surface area contributed by atoms with Crippen molar-refractivity contribution in [1.82, 2.24) is 19.6 Å². The Labute approximate surface area is 211 Å². The predicted molar refractivity (Wildman–Crippen MR) is 130 cm³/mol. The summed E-state index contributed by atoms with van der Waals surface area (Å²) in [6, 6.07) is 10.9. The van der Waals surface area contributed by atoms with E-state index in [0.29, 0.717) is 56.3 Å². The number of amides is 2. The van der Waals surface area contributed by atoms with Crippen molar-refractivity contribution in [3.8, 4) is 17.0 Å². The van der Waals surface area contributed by atoms with Crippen LogP contribution < -0.4 is 10.1 Å². The highest BCUT2D eigenvalue weighted by atomic mass is 19.4. The van der Waals surface area contributed by atoms with Crippen molar-refractivity contribution in [1.29, 1.82) is 0 Å². The lowest BCUT2D eigenvalue weighted by Crippen LogP contribution is -2.49. The Morgan fingerprint density at radius 3 is 2.35 bits per heavy atom. The smallest absolute Gasteiger partial charge is 0.416 e. The lowest BCUT2D eigenvalue weighted by molar-refractivity contribution is -0.137. The molecule has 12 heteroatoms. The summed E-state index contributed by atoms with van der Waals surface area (Å²) in [5, 5.41) is 16.0. The number of aryl methyl sites for hydroxylation is 1. The molecule has 1 aliphatic rings. The molecule has 1 fully saturated rings. The highest BCUT2D eigenvalue weighted by Crippen LogP contribution is 2.33. The van der Waals surface area contributed by atoms with Gasteiger partial charge in [-0.05, 0) is 48.5 Å². The van der Waals surface area contributed by atoms with Crippen LogP contribution in [-0.4, -0.2) is 76.0 Å². The Morgan fingerprint density at radius 1 is 1.05 bits per heavy atom. The zero-order valence-corrected chi connectivity index (χ0v) is 20.0. The number of carboxylic acid groups (broad SMARTS) is 1. The van der Waals surface area contributed by atoms with Crippen LogP contribution in [0.15, 0.2) is 54.7 Å². The molecule has 0 spiro atoms. The number of ether oxygens (including phenoxy) is 1. The number of anilines is 1. The second-order valence-electron chi connectivity index (χ2n) is 8.54. The summed E-state index contributed by atoms with van der Waals surface area (Å²) >= 11 is 0. The van der Waals surface area contributed by atoms with Crippen LogP contribution in [-0.2, 0) is 13.2 Å². The molecule has 1 saturated heterocycles. The van der Waals surface area contributed by atoms with Crippen LogP contribution in [0.2, 0.25) is 0 Å². The molecule has 0 bridgehead atoms. The minimum atomic E-state index is -4.48. The summed E-state index contributed by atoms with van der Waals surface area (Å²) < 4.78 is 46.1. The molecule has 2 N–H and O–H groups in total. The Morgan fingerprint density at radius 2 is 1.76 bits per heavy atom. The van der Waals surface area contributed by atoms with Gasteiger partial charge in [-0.1, -0.05) is 0 Å². The first kappa shape index (κ1) is 26.0. The Hall–Kier alpha value is -4.06. The zero-order chi connectivity index (χ0) is 26.6. The normalized spacial score (nSPS) is 14.4. The monoisotopic (exact) mass is 517 g/mol. The number of benzene rings is 2. The van der Waals surface area contributed by atoms with Crippen molar-refractivity contribution in [2.75, 3.05) is 44.6 Å². The van der Waals surface area contributed by atoms with Gasteiger partial charge >= 0.3 is 12.3 Å². The summed E-state index contributed by atoms with van der Waals surface area (Å²) in [4.78, 5) is 27.2. The summed E-state index contributed by atoms with van der Waals surface area (Å²) in [6.07, 6.45) is -3.76. The standard InChI is InChI=1S/C25H26F3N5O4/c1-31-21(8-9-29-31)20-16-19(30-23(34)17-2-4-18(5-3-17)25(26,27)28)6-7-22(20)37-15-14-32-10-12-33(13-11-32)24(35)36/h2-9,16H,10-15H2,1H3,(H,30,34)(H,35,36). The maximum absolute atomic E-state index is 12.8. The number of nitrogens with zero attached hydrogens (tertiary/aromatic N) is 4. The van der Waals surface area contributed by atoms with Crippen LogP contribution in [0, 0.1) is 0 Å². The van der Waals surface area contributed by atoms with Gasteiger partial charge in [0.2, 0.25) is 0 Å². The molecule has 0 radical (unpaired) electrons. The van der Waals surface area contributed by atoms with Gasteiger partial charge in [0.15, 0.2) is 0 Å². The van der Waals surface area contributed by atoms with E-state index in [4.69, 9.17) is 9.84 Å². The molecule has 1 aliphatic heterocycles. The number of rotatable bonds is 7. The van der Waals surface area contributed by atoms with Crippen molar-refractivity contribution >= 4 is 17.7 Å². The third kappa shape index (κ3) is 6.39. The number of carbonyl (C=O) groups excluding carboxylic acids is 1. The maximum atomic E-state index is 12.8. The molecule has 1 aromatic heterocycles. The topological polar surface area (TPSA) is 99.9 Å². The Bertz CT molecular complexity index is 1250. The average Bonchev–Trinajstić information content (AvgIpc) is 3.30. The van der Waals surface area contributed by atoms with E-state index in [2.05, 4.69) is 15.3 Å². The van der Waals surface area contributed by atoms with Crippen molar-refractivity contribution in [2.45, 2.75) is 6.18 Å². The highest BCUT2D eigenvalue weighted by molar-refractivity contribution is 6.04. The molecule has 2 aromatic carbocycles. The molecule has 4 rings (SSSR count). The zero-order valence-electron chi connectivity index (χ0n) is 20.0. The van der Waals surface area contributed by atoms with Crippen LogP contribution >= 0.6 is 0 Å². The number of hydrogen-bond donors (Lipinski definition) is 2. The maximum Gasteiger partial charge on any atom is 0.416 e. The first-order valence-electron chi connectivity index (χ1n) is 11.6. The first-order valence-corrected chi connectivity index (χ1v) is 11.6. The van der Waals surface area contributed by atoms with Gasteiger partial charge in [0, 0.05) is 62.8 Å². The Balaban J connectivity index is 1.44. The van der Waals surface area contributed by atoms with E-state index in [-0.39, 0.29) is 5.56 Å². The van der Waals surface area contributed by atoms with Crippen LogP contribution in [0.3, 0.4) is 0 Å². The largest absolute Gasteiger partial charge is 0.492 e. The number of halogens is 3. The van der Waals surface area contributed by atoms with E-state index in [1.807, 2.05) is 0 Å². The summed E-state index contributed by atoms with van der Waals surface area (Å²) in [6.45, 7) is 3.13. The van der Waals surface area contributed by atoms with E-state index >= 15 is 0 Å². The fourth-order valence-corrected chi connectivity index (χ4v) is 4.03. The SMILES string of the molecule is Cn1nccc1-c1cc(NC(=O)c2ccc(C(F)(F)F)cc2)ccc1OCCN1CCN(C(=O)O)CC1. The molecule has 0 saturated carbocycles. The molecule has 3 aromatic rings. The summed E-state index contributed by atoms with van der Waals surface area (Å²) in [5.74, 6) is 0.0270. The Kier molecular flexibility index (Phi) is 7.67. The first-order chi connectivity index (χ1) is 17.6. The number of piperazine rings is 1. The van der Waals surface area contributed by atoms with Crippen molar-refractivity contribution in [3.05, 3.63) is 65.9 Å². The van der Waals surface area contributed by atoms with Gasteiger partial charge < -0.3 is 20.1 Å². The number of aromatic nitrogens is 2. The quantitative estimate of drug-likeness (QED) is 0.491. The molecule has 0 atom stereocenters. The lowest BCUT2D eigenvalue weighted by Gasteiger charge is -2.32. The molecule has 9 nitrogen and oxygen atoms in total. The van der Waals surface area contributed by atoms with Gasteiger partial charge in [-0.25, -0.2) is 4.79 Å². The fraction of sp³-hybridized carbons (Fsp3) is 0.320. The molecule has 37 heavy (non-hydrogen) atoms. The summed E-state index contributed by atoms with van der Waals surface area (Å²) in [7, 11) is 1.77. The molecule has 2 amide bonds. The molecule has 0 aliphatic carbocycles. The van der Waals surface area contributed by atoms with Crippen molar-refractivity contribution < 1.29 is 32.6 Å². The molecular weight excluding hydrogens is 491 g/mol. The van der Waals surface area contributed by atoms with Crippen LogP contribution in [0.4, 0.5) is 23.7 Å². The van der Waals surface area contributed by atoms with Gasteiger partial charge in [-0.3, -0.25) is 14.4 Å². The second kappa shape index (κ2) is 10.9. The van der Waals surface area contributed by atoms with Crippen LogP contribution in [0.5, 0.6) is 5.75 Å². The van der Waals surface area contributed by atoms with Gasteiger partial charge in [0.1, 0.15) is 12.4 Å². The van der Waals surface area contributed by atoms with Crippen molar-refractivity contribution in [3.63, 3.8) is 0 Å². The summed E-state index contributed by atoms with van der Waals surface area (Å²) in [5.41, 5.74) is 1.14. The fourth-order valence-electron chi connectivity index (χ4n) is 4.03. The van der Waals surface area contributed by atoms with E-state index < -0.39 is 23.7 Å². The highest BCUT2D eigenvalue weighted by Gasteiger charge is 2.30. The van der Waals surface area contributed by atoms with Gasteiger partial charge in [0.05, 0.1) is 11.3 Å². The van der Waals surface area contributed by atoms with Gasteiger partial charge in [0.25, 0.3) is 5.91 Å². The molecule has 0 unspecified atom stereocenters. The van der Waals surface area contributed by atoms with Gasteiger partial charge in [-0.2, -0.15) is 18.3 Å². The molecule has 196 valence electrons. The minimum absolute atomic E-state index is 0.0957. The van der Waals surface area contributed by atoms with E-state index in [1.165, 1.54) is 4.90 Å². The van der Waals surface area contributed by atoms with Crippen LogP contribution in [0.1, 0.15) is 15.9 Å². The second-order valence-corrected chi connectivity index (χ2v) is 8.54. The average molecular weight is 518 g/mol. The predicted octanol–water partition coefficient (Wildman–Crippen LogP) is 4.03. The third-order valence-corrected chi connectivity index (χ3v) is 6.12. The molecular formula is C25H26F3N5O4. The minimum Gasteiger partial charge on any atom is -0.492 e. The number of nitrogens with one attached hydrogen (secondary N) is 1. The van der Waals surface area contributed by atoms with Gasteiger partial charge in [-0.15, -0.1) is 0 Å². The molecule has 2 heterocycles. The van der Waals surface area contributed by atoms with E-state index in [0.717, 1.165) is 30.0 Å². The van der Waals surface area contributed by atoms with Crippen molar-refractivity contribution in [2.24, 2.45) is 7.05 Å². The number of hydrogen-bond acceptors (Lipinski definition) is 5. The number of carbonyl (C=O) groups is 2.